The zero-order chi connectivity index (χ0) is 29.0. The van der Waals surface area contributed by atoms with Crippen LogP contribution in [0.1, 0.15) is 0 Å². The van der Waals surface area contributed by atoms with E-state index in [4.69, 9.17) is 9.97 Å². The van der Waals surface area contributed by atoms with Gasteiger partial charge in [0.15, 0.2) is 5.82 Å². The van der Waals surface area contributed by atoms with Crippen molar-refractivity contribution in [2.24, 2.45) is 0 Å². The summed E-state index contributed by atoms with van der Waals surface area (Å²) in [5.41, 5.74) is 8.48. The number of thiophene rings is 1. The predicted molar refractivity (Wildman–Crippen MR) is 186 cm³/mol. The molecule has 0 amide bonds. The van der Waals surface area contributed by atoms with E-state index in [2.05, 4.69) is 120 Å². The Hall–Kier alpha value is -5.58. The van der Waals surface area contributed by atoms with Gasteiger partial charge in [0.05, 0.1) is 22.4 Å². The molecule has 206 valence electrons. The van der Waals surface area contributed by atoms with Crippen LogP contribution in [0.2, 0.25) is 0 Å². The summed E-state index contributed by atoms with van der Waals surface area (Å²) in [7, 11) is 0. The SMILES string of the molecule is c1ccc(-c2cc(-c3ccc(-n4c5ccccc5c5cc6sc7ccccc7c6cc54)cc3)nc(-c3ccccc3)n2)cc1. The van der Waals surface area contributed by atoms with Gasteiger partial charge in [-0.3, -0.25) is 0 Å². The first-order valence-corrected chi connectivity index (χ1v) is 15.6. The average molecular weight is 580 g/mol. The lowest BCUT2D eigenvalue weighted by Gasteiger charge is -2.11. The summed E-state index contributed by atoms with van der Waals surface area (Å²) in [5.74, 6) is 0.723. The van der Waals surface area contributed by atoms with E-state index in [0.717, 1.165) is 39.6 Å². The number of para-hydroxylation sites is 1. The van der Waals surface area contributed by atoms with Crippen LogP contribution in [-0.4, -0.2) is 14.5 Å². The van der Waals surface area contributed by atoms with Crippen LogP contribution in [0.4, 0.5) is 0 Å². The van der Waals surface area contributed by atoms with Crippen molar-refractivity contribution in [1.82, 2.24) is 14.5 Å². The Kier molecular flexibility index (Phi) is 5.68. The zero-order valence-electron chi connectivity index (χ0n) is 23.7. The van der Waals surface area contributed by atoms with Gasteiger partial charge in [0.2, 0.25) is 0 Å². The van der Waals surface area contributed by atoms with Crippen molar-refractivity contribution in [3.05, 3.63) is 152 Å². The first kappa shape index (κ1) is 25.0. The van der Waals surface area contributed by atoms with Gasteiger partial charge in [-0.25, -0.2) is 9.97 Å². The minimum absolute atomic E-state index is 0.723. The van der Waals surface area contributed by atoms with Gasteiger partial charge < -0.3 is 4.57 Å². The molecule has 9 rings (SSSR count). The maximum atomic E-state index is 5.03. The Balaban J connectivity index is 1.21. The molecule has 0 atom stereocenters. The van der Waals surface area contributed by atoms with Crippen molar-refractivity contribution < 1.29 is 0 Å². The molecule has 0 unspecified atom stereocenters. The Bertz CT molecular complexity index is 2420. The average Bonchev–Trinajstić information content (AvgIpc) is 3.63. The van der Waals surface area contributed by atoms with Crippen LogP contribution in [0.25, 0.3) is 81.6 Å². The lowest BCUT2D eigenvalue weighted by molar-refractivity contribution is 1.17. The van der Waals surface area contributed by atoms with E-state index >= 15 is 0 Å². The summed E-state index contributed by atoms with van der Waals surface area (Å²) in [4.78, 5) is 9.99. The summed E-state index contributed by atoms with van der Waals surface area (Å²) >= 11 is 1.87. The summed E-state index contributed by atoms with van der Waals surface area (Å²) in [6, 6.07) is 53.6. The predicted octanol–water partition coefficient (Wildman–Crippen LogP) is 10.9. The second-order valence-electron chi connectivity index (χ2n) is 11.1. The van der Waals surface area contributed by atoms with E-state index in [1.165, 1.54) is 42.0 Å². The van der Waals surface area contributed by atoms with Gasteiger partial charge >= 0.3 is 0 Å². The molecule has 0 aliphatic carbocycles. The quantitative estimate of drug-likeness (QED) is 0.208. The van der Waals surface area contributed by atoms with Crippen molar-refractivity contribution in [1.29, 1.82) is 0 Å². The monoisotopic (exact) mass is 579 g/mol. The Labute approximate surface area is 258 Å². The molecule has 0 spiro atoms. The second-order valence-corrected chi connectivity index (χ2v) is 12.1. The molecule has 3 nitrogen and oxygen atoms in total. The normalized spacial score (nSPS) is 11.6. The molecule has 0 bridgehead atoms. The highest BCUT2D eigenvalue weighted by molar-refractivity contribution is 7.25. The van der Waals surface area contributed by atoms with Gasteiger partial charge in [0.1, 0.15) is 0 Å². The maximum Gasteiger partial charge on any atom is 0.160 e. The number of fused-ring (bicyclic) bond motifs is 6. The molecule has 0 N–H and O–H groups in total. The molecule has 0 aliphatic rings. The van der Waals surface area contributed by atoms with Gasteiger partial charge in [-0.2, -0.15) is 0 Å². The van der Waals surface area contributed by atoms with Crippen molar-refractivity contribution in [2.75, 3.05) is 0 Å². The van der Waals surface area contributed by atoms with Gasteiger partial charge in [0, 0.05) is 53.3 Å². The van der Waals surface area contributed by atoms with Crippen LogP contribution in [0.5, 0.6) is 0 Å². The standard InChI is InChI=1S/C40H25N3S/c1-3-11-26(12-4-1)34-25-35(42-40(41-34)28-13-5-2-6-14-28)27-19-21-29(22-20-27)43-36-17-9-7-15-30(36)32-24-39-33(23-37(32)43)31-16-8-10-18-38(31)44-39/h1-25H. The number of hydrogen-bond donors (Lipinski definition) is 0. The van der Waals surface area contributed by atoms with E-state index in [9.17, 15) is 0 Å². The van der Waals surface area contributed by atoms with Crippen molar-refractivity contribution >= 4 is 53.3 Å². The van der Waals surface area contributed by atoms with Gasteiger partial charge in [-0.1, -0.05) is 109 Å². The first-order chi connectivity index (χ1) is 21.8. The fourth-order valence-electron chi connectivity index (χ4n) is 6.31. The zero-order valence-corrected chi connectivity index (χ0v) is 24.5. The lowest BCUT2D eigenvalue weighted by Crippen LogP contribution is -1.97. The molecule has 9 aromatic rings. The highest BCUT2D eigenvalue weighted by Gasteiger charge is 2.16. The first-order valence-electron chi connectivity index (χ1n) is 14.8. The van der Waals surface area contributed by atoms with E-state index < -0.39 is 0 Å². The molecule has 3 aromatic heterocycles. The topological polar surface area (TPSA) is 30.7 Å². The van der Waals surface area contributed by atoms with Crippen molar-refractivity contribution in [3.8, 4) is 39.6 Å². The molecule has 0 aliphatic heterocycles. The lowest BCUT2D eigenvalue weighted by atomic mass is 10.1. The third-order valence-corrected chi connectivity index (χ3v) is 9.55. The minimum Gasteiger partial charge on any atom is -0.309 e. The summed E-state index contributed by atoms with van der Waals surface area (Å²) in [5, 5.41) is 5.16. The van der Waals surface area contributed by atoms with Crippen molar-refractivity contribution in [2.45, 2.75) is 0 Å². The molecule has 0 fully saturated rings. The fourth-order valence-corrected chi connectivity index (χ4v) is 7.44. The van der Waals surface area contributed by atoms with Crippen LogP contribution in [0.15, 0.2) is 152 Å². The minimum atomic E-state index is 0.723. The number of aromatic nitrogens is 3. The van der Waals surface area contributed by atoms with Crippen LogP contribution in [0, 0.1) is 0 Å². The molecule has 6 aromatic carbocycles. The molecular formula is C40H25N3S. The molecule has 44 heavy (non-hydrogen) atoms. The Morgan fingerprint density at radius 1 is 0.409 bits per heavy atom. The van der Waals surface area contributed by atoms with E-state index in [0.29, 0.717) is 0 Å². The van der Waals surface area contributed by atoms with Crippen LogP contribution >= 0.6 is 11.3 Å². The summed E-state index contributed by atoms with van der Waals surface area (Å²) < 4.78 is 5.04. The van der Waals surface area contributed by atoms with E-state index in [1.807, 2.05) is 47.7 Å². The molecule has 3 heterocycles. The summed E-state index contributed by atoms with van der Waals surface area (Å²) in [6.45, 7) is 0. The highest BCUT2D eigenvalue weighted by atomic mass is 32.1. The highest BCUT2D eigenvalue weighted by Crippen LogP contribution is 2.40. The maximum absolute atomic E-state index is 5.03. The summed E-state index contributed by atoms with van der Waals surface area (Å²) in [6.07, 6.45) is 0. The molecule has 4 heteroatoms. The molecule has 0 saturated carbocycles. The van der Waals surface area contributed by atoms with E-state index in [-0.39, 0.29) is 0 Å². The van der Waals surface area contributed by atoms with E-state index in [1.54, 1.807) is 0 Å². The Morgan fingerprint density at radius 3 is 1.77 bits per heavy atom. The van der Waals surface area contributed by atoms with Crippen LogP contribution in [0.3, 0.4) is 0 Å². The van der Waals surface area contributed by atoms with Gasteiger partial charge in [-0.05, 0) is 42.5 Å². The third-order valence-electron chi connectivity index (χ3n) is 8.42. The number of hydrogen-bond acceptors (Lipinski definition) is 3. The second kappa shape index (κ2) is 10.0. The Morgan fingerprint density at radius 2 is 1.02 bits per heavy atom. The number of nitrogens with zero attached hydrogens (tertiary/aromatic N) is 3. The molecule has 0 radical (unpaired) electrons. The molecule has 0 saturated heterocycles. The van der Waals surface area contributed by atoms with Gasteiger partial charge in [0.25, 0.3) is 0 Å². The fraction of sp³-hybridized carbons (Fsp3) is 0. The largest absolute Gasteiger partial charge is 0.309 e. The van der Waals surface area contributed by atoms with Crippen LogP contribution < -0.4 is 0 Å². The van der Waals surface area contributed by atoms with Crippen molar-refractivity contribution in [3.63, 3.8) is 0 Å². The molecular weight excluding hydrogens is 555 g/mol. The number of benzene rings is 6. The van der Waals surface area contributed by atoms with Crippen LogP contribution in [-0.2, 0) is 0 Å². The number of rotatable bonds is 4. The smallest absolute Gasteiger partial charge is 0.160 e. The third kappa shape index (κ3) is 4.03. The van der Waals surface area contributed by atoms with Gasteiger partial charge in [-0.15, -0.1) is 11.3 Å².